The van der Waals surface area contributed by atoms with Gasteiger partial charge in [0.2, 0.25) is 0 Å². The number of carboxylic acid groups (broad SMARTS) is 1. The van der Waals surface area contributed by atoms with E-state index in [1.807, 2.05) is 54.6 Å². The molecule has 3 rings (SSSR count). The van der Waals surface area contributed by atoms with Crippen LogP contribution < -0.4 is 0 Å². The Morgan fingerprint density at radius 1 is 1.04 bits per heavy atom. The number of rotatable bonds is 6. The lowest BCUT2D eigenvalue weighted by Crippen LogP contribution is -2.02. The van der Waals surface area contributed by atoms with E-state index in [1.54, 1.807) is 17.4 Å². The molecule has 3 nitrogen and oxygen atoms in total. The summed E-state index contributed by atoms with van der Waals surface area (Å²) in [5, 5.41) is 10.6. The van der Waals surface area contributed by atoms with Crippen LogP contribution in [0.1, 0.15) is 16.0 Å². The SMILES string of the molecule is CO/C=C(/C(=O)O)c1ccccc1/C=C/C=C/c1cc2ccccc2s1. The molecular formula is C22H18O3S. The normalized spacial score (nSPS) is 12.3. The van der Waals surface area contributed by atoms with Crippen LogP contribution in [-0.2, 0) is 9.53 Å². The molecule has 130 valence electrons. The molecule has 0 saturated heterocycles. The van der Waals surface area contributed by atoms with Gasteiger partial charge in [0.05, 0.1) is 13.4 Å². The van der Waals surface area contributed by atoms with Gasteiger partial charge in [-0.05, 0) is 34.7 Å². The average molecular weight is 362 g/mol. The summed E-state index contributed by atoms with van der Waals surface area (Å²) in [6.45, 7) is 0. The first kappa shape index (κ1) is 17.7. The zero-order valence-electron chi connectivity index (χ0n) is 14.3. The molecule has 0 saturated carbocycles. The summed E-state index contributed by atoms with van der Waals surface area (Å²) < 4.78 is 6.17. The van der Waals surface area contributed by atoms with Crippen LogP contribution >= 0.6 is 11.3 Å². The summed E-state index contributed by atoms with van der Waals surface area (Å²) >= 11 is 1.74. The Balaban J connectivity index is 1.82. The van der Waals surface area contributed by atoms with E-state index in [1.165, 1.54) is 28.3 Å². The van der Waals surface area contributed by atoms with Crippen molar-refractivity contribution < 1.29 is 14.6 Å². The second-order valence-electron chi connectivity index (χ2n) is 5.56. The van der Waals surface area contributed by atoms with Crippen LogP contribution in [0.3, 0.4) is 0 Å². The summed E-state index contributed by atoms with van der Waals surface area (Å²) in [5.41, 5.74) is 1.56. The first-order valence-corrected chi connectivity index (χ1v) is 8.89. The maximum absolute atomic E-state index is 11.5. The third-order valence-corrected chi connectivity index (χ3v) is 4.89. The van der Waals surface area contributed by atoms with Gasteiger partial charge in [0.15, 0.2) is 0 Å². The Bertz CT molecular complexity index is 976. The van der Waals surface area contributed by atoms with Crippen molar-refractivity contribution in [3.63, 3.8) is 0 Å². The van der Waals surface area contributed by atoms with Gasteiger partial charge in [-0.2, -0.15) is 0 Å². The monoisotopic (exact) mass is 362 g/mol. The van der Waals surface area contributed by atoms with E-state index >= 15 is 0 Å². The molecule has 1 aromatic heterocycles. The van der Waals surface area contributed by atoms with E-state index in [9.17, 15) is 9.90 Å². The zero-order chi connectivity index (χ0) is 18.4. The van der Waals surface area contributed by atoms with Crippen molar-refractivity contribution in [2.45, 2.75) is 0 Å². The van der Waals surface area contributed by atoms with E-state index in [0.717, 1.165) is 5.56 Å². The number of benzene rings is 2. The lowest BCUT2D eigenvalue weighted by Gasteiger charge is -2.06. The lowest BCUT2D eigenvalue weighted by atomic mass is 10.00. The Labute approximate surface area is 156 Å². The number of ether oxygens (including phenoxy) is 1. The topological polar surface area (TPSA) is 46.5 Å². The first-order valence-electron chi connectivity index (χ1n) is 8.08. The number of carboxylic acids is 1. The highest BCUT2D eigenvalue weighted by Gasteiger charge is 2.13. The Hall–Kier alpha value is -3.11. The molecule has 4 heteroatoms. The predicted molar refractivity (Wildman–Crippen MR) is 109 cm³/mol. The second-order valence-corrected chi connectivity index (χ2v) is 6.68. The minimum absolute atomic E-state index is 0.126. The van der Waals surface area contributed by atoms with E-state index in [2.05, 4.69) is 18.2 Å². The summed E-state index contributed by atoms with van der Waals surface area (Å²) in [4.78, 5) is 12.6. The minimum Gasteiger partial charge on any atom is -0.503 e. The van der Waals surface area contributed by atoms with Gasteiger partial charge in [-0.3, -0.25) is 0 Å². The van der Waals surface area contributed by atoms with Gasteiger partial charge in [-0.15, -0.1) is 11.3 Å². The van der Waals surface area contributed by atoms with Crippen molar-refractivity contribution in [3.05, 3.63) is 89.0 Å². The standard InChI is InChI=1S/C22H18O3S/c1-25-15-20(22(23)24)19-12-6-3-9-16(19)8-2-5-11-18-14-17-10-4-7-13-21(17)26-18/h2-15H,1H3,(H,23,24)/b8-2+,11-5+,20-15+. The van der Waals surface area contributed by atoms with E-state index in [-0.39, 0.29) is 5.57 Å². The zero-order valence-corrected chi connectivity index (χ0v) is 15.1. The number of hydrogen-bond donors (Lipinski definition) is 1. The van der Waals surface area contributed by atoms with Crippen LogP contribution in [0.4, 0.5) is 0 Å². The summed E-state index contributed by atoms with van der Waals surface area (Å²) in [5.74, 6) is -1.02. The Kier molecular flexibility index (Phi) is 5.66. The Morgan fingerprint density at radius 3 is 2.54 bits per heavy atom. The number of carbonyl (C=O) groups is 1. The fraction of sp³-hybridized carbons (Fsp3) is 0.0455. The molecule has 1 heterocycles. The molecule has 0 radical (unpaired) electrons. The van der Waals surface area contributed by atoms with E-state index in [0.29, 0.717) is 5.56 Å². The molecule has 0 aliphatic carbocycles. The molecular weight excluding hydrogens is 344 g/mol. The summed E-state index contributed by atoms with van der Waals surface area (Å²) in [6, 6.07) is 17.8. The molecule has 0 amide bonds. The smallest absolute Gasteiger partial charge is 0.339 e. The first-order chi connectivity index (χ1) is 12.7. The van der Waals surface area contributed by atoms with Gasteiger partial charge in [0, 0.05) is 9.58 Å². The van der Waals surface area contributed by atoms with Crippen LogP contribution in [0.15, 0.2) is 73.0 Å². The fourth-order valence-corrected chi connectivity index (χ4v) is 3.61. The third-order valence-electron chi connectivity index (χ3n) is 3.81. The maximum atomic E-state index is 11.5. The molecule has 0 bridgehead atoms. The number of hydrogen-bond acceptors (Lipinski definition) is 3. The minimum atomic E-state index is -1.02. The number of methoxy groups -OCH3 is 1. The molecule has 0 unspecified atom stereocenters. The molecule has 0 aliphatic heterocycles. The molecule has 3 aromatic rings. The van der Waals surface area contributed by atoms with E-state index < -0.39 is 5.97 Å². The number of thiophene rings is 1. The summed E-state index contributed by atoms with van der Waals surface area (Å²) in [6.07, 6.45) is 9.07. The highest BCUT2D eigenvalue weighted by atomic mass is 32.1. The van der Waals surface area contributed by atoms with E-state index in [4.69, 9.17) is 4.74 Å². The van der Waals surface area contributed by atoms with Gasteiger partial charge >= 0.3 is 5.97 Å². The largest absolute Gasteiger partial charge is 0.503 e. The molecule has 0 atom stereocenters. The molecule has 26 heavy (non-hydrogen) atoms. The highest BCUT2D eigenvalue weighted by Crippen LogP contribution is 2.26. The Morgan fingerprint density at radius 2 is 1.77 bits per heavy atom. The van der Waals surface area contributed by atoms with Crippen molar-refractivity contribution in [3.8, 4) is 0 Å². The molecule has 0 aliphatic rings. The molecule has 0 spiro atoms. The third kappa shape index (κ3) is 4.10. The summed E-state index contributed by atoms with van der Waals surface area (Å²) in [7, 11) is 1.44. The maximum Gasteiger partial charge on any atom is 0.339 e. The number of aliphatic carboxylic acids is 1. The highest BCUT2D eigenvalue weighted by molar-refractivity contribution is 7.19. The van der Waals surface area contributed by atoms with Crippen LogP contribution in [-0.4, -0.2) is 18.2 Å². The molecule has 2 aromatic carbocycles. The van der Waals surface area contributed by atoms with Gasteiger partial charge in [0.1, 0.15) is 5.57 Å². The van der Waals surface area contributed by atoms with Crippen LogP contribution in [0.25, 0.3) is 27.8 Å². The van der Waals surface area contributed by atoms with Gasteiger partial charge in [-0.1, -0.05) is 60.7 Å². The van der Waals surface area contributed by atoms with Crippen LogP contribution in [0.2, 0.25) is 0 Å². The number of fused-ring (bicyclic) bond motifs is 1. The molecule has 0 fully saturated rings. The van der Waals surface area contributed by atoms with Crippen molar-refractivity contribution >= 4 is 45.1 Å². The number of allylic oxidation sites excluding steroid dienone is 2. The predicted octanol–water partition coefficient (Wildman–Crippen LogP) is 5.70. The van der Waals surface area contributed by atoms with Crippen LogP contribution in [0.5, 0.6) is 0 Å². The quantitative estimate of drug-likeness (QED) is 0.347. The van der Waals surface area contributed by atoms with Gasteiger partial charge in [-0.25, -0.2) is 4.79 Å². The lowest BCUT2D eigenvalue weighted by molar-refractivity contribution is -0.130. The van der Waals surface area contributed by atoms with Crippen LogP contribution in [0, 0.1) is 0 Å². The van der Waals surface area contributed by atoms with Crippen molar-refractivity contribution in [2.75, 3.05) is 7.11 Å². The fourth-order valence-electron chi connectivity index (χ4n) is 2.63. The van der Waals surface area contributed by atoms with Crippen molar-refractivity contribution in [1.29, 1.82) is 0 Å². The van der Waals surface area contributed by atoms with Gasteiger partial charge < -0.3 is 9.84 Å². The second kappa shape index (κ2) is 8.32. The average Bonchev–Trinajstić information content (AvgIpc) is 3.06. The van der Waals surface area contributed by atoms with Gasteiger partial charge in [0.25, 0.3) is 0 Å². The molecule has 1 N–H and O–H groups in total. The van der Waals surface area contributed by atoms with Crippen molar-refractivity contribution in [2.24, 2.45) is 0 Å². The van der Waals surface area contributed by atoms with Crippen molar-refractivity contribution in [1.82, 2.24) is 0 Å².